The number of amides is 1. The fourth-order valence-corrected chi connectivity index (χ4v) is 3.22. The number of carboxylic acid groups (broad SMARTS) is 1. The summed E-state index contributed by atoms with van der Waals surface area (Å²) in [5.74, 6) is -2.99. The zero-order valence-electron chi connectivity index (χ0n) is 17.4. The highest BCUT2D eigenvalue weighted by Crippen LogP contribution is 2.13. The van der Waals surface area contributed by atoms with Crippen molar-refractivity contribution in [1.29, 1.82) is 0 Å². The number of aliphatic carboxylic acids is 1. The Balaban J connectivity index is 0.000000383. The van der Waals surface area contributed by atoms with E-state index in [-0.39, 0.29) is 11.5 Å². The molecule has 4 rings (SSSR count). The highest BCUT2D eigenvalue weighted by molar-refractivity contribution is 5.94. The van der Waals surface area contributed by atoms with Crippen LogP contribution in [0.5, 0.6) is 0 Å². The van der Waals surface area contributed by atoms with E-state index < -0.39 is 12.1 Å². The number of halogens is 3. The van der Waals surface area contributed by atoms with Gasteiger partial charge in [-0.1, -0.05) is 12.1 Å². The summed E-state index contributed by atoms with van der Waals surface area (Å²) < 4.78 is 38.7. The molecule has 1 amide bonds. The zero-order chi connectivity index (χ0) is 24.0. The number of morpholine rings is 1. The number of hydrogen-bond donors (Lipinski definition) is 3. The topological polar surface area (TPSA) is 129 Å². The monoisotopic (exact) mass is 469 g/mol. The average Bonchev–Trinajstić information content (AvgIpc) is 3.22. The second kappa shape index (κ2) is 10.4. The number of hydrogen-bond acceptors (Lipinski definition) is 6. The third kappa shape index (κ3) is 6.29. The Morgan fingerprint density at radius 2 is 1.88 bits per heavy atom. The van der Waals surface area contributed by atoms with E-state index in [9.17, 15) is 22.8 Å². The molecule has 0 saturated carbocycles. The largest absolute Gasteiger partial charge is 0.490 e. The van der Waals surface area contributed by atoms with Crippen molar-refractivity contribution >= 4 is 28.4 Å². The molecule has 13 heteroatoms. The number of carboxylic acids is 1. The van der Waals surface area contributed by atoms with Gasteiger partial charge >= 0.3 is 12.1 Å². The van der Waals surface area contributed by atoms with Gasteiger partial charge in [0.15, 0.2) is 5.69 Å². The zero-order valence-corrected chi connectivity index (χ0v) is 17.4. The number of benzene rings is 1. The molecule has 0 radical (unpaired) electrons. The molecule has 178 valence electrons. The number of ether oxygens (including phenoxy) is 1. The van der Waals surface area contributed by atoms with Gasteiger partial charge in [0.05, 0.1) is 24.1 Å². The van der Waals surface area contributed by atoms with Crippen LogP contribution in [0.3, 0.4) is 0 Å². The number of aromatic nitrogens is 3. The lowest BCUT2D eigenvalue weighted by Gasteiger charge is -2.26. The molecule has 1 saturated heterocycles. The van der Waals surface area contributed by atoms with Gasteiger partial charge in [-0.15, -0.1) is 0 Å². The van der Waals surface area contributed by atoms with Crippen LogP contribution in [0, 0.1) is 0 Å². The van der Waals surface area contributed by atoms with Gasteiger partial charge in [0, 0.05) is 25.7 Å². The summed E-state index contributed by atoms with van der Waals surface area (Å²) >= 11 is 0. The van der Waals surface area contributed by atoms with Crippen LogP contribution in [0.4, 0.5) is 13.2 Å². The fraction of sp³-hybridized carbons (Fsp3) is 0.400. The number of aromatic amines is 1. The maximum absolute atomic E-state index is 12.4. The Kier molecular flexibility index (Phi) is 7.66. The number of rotatable bonds is 5. The summed E-state index contributed by atoms with van der Waals surface area (Å²) in [6.45, 7) is 4.97. The van der Waals surface area contributed by atoms with Crippen molar-refractivity contribution in [3.8, 4) is 0 Å². The Labute approximate surface area is 184 Å². The first-order chi connectivity index (χ1) is 15.7. The predicted molar refractivity (Wildman–Crippen MR) is 111 cm³/mol. The molecule has 0 aliphatic carbocycles. The average molecular weight is 469 g/mol. The van der Waals surface area contributed by atoms with E-state index in [4.69, 9.17) is 14.6 Å². The minimum absolute atomic E-state index is 0.189. The molecule has 0 unspecified atom stereocenters. The number of carbonyl (C=O) groups excluding carboxylic acids is 1. The molecule has 3 N–H and O–H groups in total. The number of alkyl halides is 3. The minimum atomic E-state index is -5.08. The van der Waals surface area contributed by atoms with Crippen molar-refractivity contribution in [3.05, 3.63) is 46.4 Å². The van der Waals surface area contributed by atoms with Crippen molar-refractivity contribution in [3.63, 3.8) is 0 Å². The first kappa shape index (κ1) is 24.2. The lowest BCUT2D eigenvalue weighted by molar-refractivity contribution is -0.192. The maximum Gasteiger partial charge on any atom is 0.490 e. The minimum Gasteiger partial charge on any atom is -0.475 e. The highest BCUT2D eigenvalue weighted by atomic mass is 19.4. The summed E-state index contributed by atoms with van der Waals surface area (Å²) in [6.07, 6.45) is -4.21. The van der Waals surface area contributed by atoms with Crippen LogP contribution in [-0.2, 0) is 9.53 Å². The van der Waals surface area contributed by atoms with Crippen molar-refractivity contribution in [2.45, 2.75) is 12.6 Å². The van der Waals surface area contributed by atoms with Crippen molar-refractivity contribution in [2.24, 2.45) is 0 Å². The Morgan fingerprint density at radius 3 is 2.55 bits per heavy atom. The SMILES string of the molecule is O=C(NCCCN1CCOCC1)c1cc2[nH]c(=O)c3ccccc3n2n1.O=C(O)C(F)(F)F. The van der Waals surface area contributed by atoms with Gasteiger partial charge in [-0.05, 0) is 25.1 Å². The predicted octanol–water partition coefficient (Wildman–Crippen LogP) is 1.26. The fourth-order valence-electron chi connectivity index (χ4n) is 3.22. The number of para-hydroxylation sites is 1. The summed E-state index contributed by atoms with van der Waals surface area (Å²) in [6, 6.07) is 8.80. The van der Waals surface area contributed by atoms with Crippen molar-refractivity contribution in [1.82, 2.24) is 24.8 Å². The van der Waals surface area contributed by atoms with Gasteiger partial charge in [0.2, 0.25) is 0 Å². The standard InChI is InChI=1S/C18H21N5O3.C2HF3O2/c24-17-13-4-1-2-5-15(13)23-16(20-17)12-14(21-23)18(25)19-6-3-7-22-8-10-26-11-9-22;3-2(4,5)1(6)7/h1-2,4-5,12H,3,6-11H2,(H,19,25)(H,20,24);(H,6,7). The van der Waals surface area contributed by atoms with Crippen LogP contribution >= 0.6 is 0 Å². The summed E-state index contributed by atoms with van der Waals surface area (Å²) in [5, 5.41) is 14.9. The Morgan fingerprint density at radius 1 is 1.21 bits per heavy atom. The van der Waals surface area contributed by atoms with Gasteiger partial charge in [0.1, 0.15) is 5.65 Å². The second-order valence-electron chi connectivity index (χ2n) is 7.16. The summed E-state index contributed by atoms with van der Waals surface area (Å²) in [4.78, 5) is 38.5. The molecule has 0 atom stereocenters. The van der Waals surface area contributed by atoms with Gasteiger partial charge in [-0.25, -0.2) is 9.31 Å². The van der Waals surface area contributed by atoms with Gasteiger partial charge < -0.3 is 20.1 Å². The van der Waals surface area contributed by atoms with Crippen LogP contribution in [0.25, 0.3) is 16.6 Å². The third-order valence-corrected chi connectivity index (χ3v) is 4.84. The van der Waals surface area contributed by atoms with Gasteiger partial charge in [-0.3, -0.25) is 14.5 Å². The highest BCUT2D eigenvalue weighted by Gasteiger charge is 2.38. The molecule has 3 heterocycles. The van der Waals surface area contributed by atoms with Crippen LogP contribution in [-0.4, -0.2) is 82.1 Å². The Hall–Kier alpha value is -3.45. The van der Waals surface area contributed by atoms with E-state index in [1.54, 1.807) is 22.7 Å². The molecule has 1 aliphatic rings. The van der Waals surface area contributed by atoms with Crippen molar-refractivity contribution < 1.29 is 32.6 Å². The molecular weight excluding hydrogens is 447 g/mol. The smallest absolute Gasteiger partial charge is 0.475 e. The third-order valence-electron chi connectivity index (χ3n) is 4.84. The maximum atomic E-state index is 12.4. The number of nitrogens with one attached hydrogen (secondary N) is 2. The molecular formula is C20H22F3N5O5. The lowest BCUT2D eigenvalue weighted by atomic mass is 10.2. The van der Waals surface area contributed by atoms with E-state index in [2.05, 4.69) is 20.3 Å². The summed E-state index contributed by atoms with van der Waals surface area (Å²) in [5.41, 5.74) is 1.29. The Bertz CT molecular complexity index is 1180. The molecule has 1 aromatic carbocycles. The van der Waals surface area contributed by atoms with E-state index in [1.165, 1.54) is 0 Å². The second-order valence-corrected chi connectivity index (χ2v) is 7.16. The van der Waals surface area contributed by atoms with E-state index in [0.29, 0.717) is 28.8 Å². The molecule has 0 spiro atoms. The molecule has 3 aromatic rings. The molecule has 1 fully saturated rings. The number of H-pyrrole nitrogens is 1. The van der Waals surface area contributed by atoms with E-state index in [1.807, 2.05) is 12.1 Å². The van der Waals surface area contributed by atoms with Gasteiger partial charge in [-0.2, -0.15) is 18.3 Å². The van der Waals surface area contributed by atoms with Crippen LogP contribution in [0.15, 0.2) is 35.1 Å². The van der Waals surface area contributed by atoms with Crippen LogP contribution < -0.4 is 10.9 Å². The molecule has 33 heavy (non-hydrogen) atoms. The normalized spacial score (nSPS) is 14.6. The van der Waals surface area contributed by atoms with Crippen LogP contribution in [0.2, 0.25) is 0 Å². The lowest BCUT2D eigenvalue weighted by Crippen LogP contribution is -2.38. The number of nitrogens with zero attached hydrogens (tertiary/aromatic N) is 3. The van der Waals surface area contributed by atoms with E-state index >= 15 is 0 Å². The quantitative estimate of drug-likeness (QED) is 0.480. The first-order valence-corrected chi connectivity index (χ1v) is 10.1. The van der Waals surface area contributed by atoms with E-state index in [0.717, 1.165) is 39.3 Å². The van der Waals surface area contributed by atoms with Gasteiger partial charge in [0.25, 0.3) is 11.5 Å². The molecule has 1 aliphatic heterocycles. The number of carbonyl (C=O) groups is 2. The first-order valence-electron chi connectivity index (χ1n) is 10.1. The molecule has 2 aromatic heterocycles. The number of fused-ring (bicyclic) bond motifs is 3. The molecule has 10 nitrogen and oxygen atoms in total. The molecule has 0 bridgehead atoms. The van der Waals surface area contributed by atoms with Crippen LogP contribution in [0.1, 0.15) is 16.9 Å². The van der Waals surface area contributed by atoms with Crippen molar-refractivity contribution in [2.75, 3.05) is 39.4 Å². The summed E-state index contributed by atoms with van der Waals surface area (Å²) in [7, 11) is 0.